The fourth-order valence-corrected chi connectivity index (χ4v) is 3.88. The van der Waals surface area contributed by atoms with Gasteiger partial charge in [0.15, 0.2) is 17.3 Å². The van der Waals surface area contributed by atoms with E-state index in [0.717, 1.165) is 29.1 Å². The summed E-state index contributed by atoms with van der Waals surface area (Å²) in [7, 11) is 0. The van der Waals surface area contributed by atoms with Crippen LogP contribution in [-0.2, 0) is 6.54 Å². The summed E-state index contributed by atoms with van der Waals surface area (Å²) in [6.45, 7) is 3.62. The van der Waals surface area contributed by atoms with Crippen molar-refractivity contribution in [2.45, 2.75) is 20.4 Å². The highest BCUT2D eigenvalue weighted by Crippen LogP contribution is 2.28. The number of carbonyl (C=O) groups excluding carboxylic acids is 1. The van der Waals surface area contributed by atoms with E-state index in [4.69, 9.17) is 4.98 Å². The van der Waals surface area contributed by atoms with Gasteiger partial charge in [-0.15, -0.1) is 0 Å². The minimum absolute atomic E-state index is 0.374. The summed E-state index contributed by atoms with van der Waals surface area (Å²) < 4.78 is 43.6. The van der Waals surface area contributed by atoms with Crippen LogP contribution in [0, 0.1) is 31.3 Å². The molecule has 0 radical (unpaired) electrons. The molecule has 3 N–H and O–H groups in total. The molecular formula is C26H21F3N6O. The number of aromatic amines is 1. The quantitative estimate of drug-likeness (QED) is 0.276. The molecule has 0 atom stereocenters. The van der Waals surface area contributed by atoms with Crippen LogP contribution >= 0.6 is 0 Å². The molecule has 0 fully saturated rings. The molecule has 0 saturated heterocycles. The van der Waals surface area contributed by atoms with E-state index in [-0.39, 0.29) is 5.56 Å². The van der Waals surface area contributed by atoms with Crippen LogP contribution in [0.25, 0.3) is 22.6 Å². The number of aryl methyl sites for hydroxylation is 1. The molecule has 0 aliphatic heterocycles. The van der Waals surface area contributed by atoms with Crippen molar-refractivity contribution < 1.29 is 18.0 Å². The van der Waals surface area contributed by atoms with Gasteiger partial charge in [0.05, 0.1) is 12.7 Å². The standard InChI is InChI=1S/C26H21F3N6O/c1-14-8-9-17(31-26(36)33-23-20(28)11-19(27)15(2)22(23)29)10-18(14)24-32-21-12-30-35(25(21)34-24)13-16-6-4-3-5-7-16/h3-12H,13H2,1-2H3,(H,32,34)(H2,31,33,36). The highest BCUT2D eigenvalue weighted by atomic mass is 19.1. The molecule has 7 nitrogen and oxygen atoms in total. The number of benzene rings is 3. The van der Waals surface area contributed by atoms with Crippen molar-refractivity contribution in [2.75, 3.05) is 10.6 Å². The van der Waals surface area contributed by atoms with E-state index < -0.39 is 29.2 Å². The molecule has 0 saturated carbocycles. The molecule has 5 rings (SSSR count). The third-order valence-electron chi connectivity index (χ3n) is 5.85. The van der Waals surface area contributed by atoms with Crippen molar-refractivity contribution in [3.63, 3.8) is 0 Å². The Labute approximate surface area is 204 Å². The summed E-state index contributed by atoms with van der Waals surface area (Å²) in [6, 6.07) is 14.7. The number of halogens is 3. The normalized spacial score (nSPS) is 11.1. The molecule has 0 aliphatic rings. The lowest BCUT2D eigenvalue weighted by Crippen LogP contribution is -2.21. The van der Waals surface area contributed by atoms with Crippen LogP contribution in [0.3, 0.4) is 0 Å². The Balaban J connectivity index is 1.38. The topological polar surface area (TPSA) is 87.6 Å². The average Bonchev–Trinajstić information content (AvgIpc) is 3.44. The van der Waals surface area contributed by atoms with Crippen LogP contribution in [0.15, 0.2) is 60.8 Å². The lowest BCUT2D eigenvalue weighted by atomic mass is 10.1. The van der Waals surface area contributed by atoms with Gasteiger partial charge in [-0.25, -0.2) is 27.6 Å². The summed E-state index contributed by atoms with van der Waals surface area (Å²) in [4.78, 5) is 20.4. The molecule has 2 aromatic heterocycles. The predicted molar refractivity (Wildman–Crippen MR) is 131 cm³/mol. The Bertz CT molecular complexity index is 1590. The maximum Gasteiger partial charge on any atom is 0.323 e. The van der Waals surface area contributed by atoms with Gasteiger partial charge >= 0.3 is 6.03 Å². The van der Waals surface area contributed by atoms with Gasteiger partial charge in [0.25, 0.3) is 0 Å². The third kappa shape index (κ3) is 4.40. The second-order valence-electron chi connectivity index (χ2n) is 8.37. The molecule has 10 heteroatoms. The SMILES string of the molecule is Cc1ccc(NC(=O)Nc2c(F)cc(F)c(C)c2F)cc1-c1nc2c(cnn2Cc2ccccc2)[nH]1. The summed E-state index contributed by atoms with van der Waals surface area (Å²) in [6.07, 6.45) is 1.70. The van der Waals surface area contributed by atoms with E-state index in [9.17, 15) is 18.0 Å². The number of anilines is 2. The molecule has 182 valence electrons. The Morgan fingerprint density at radius 2 is 1.78 bits per heavy atom. The Morgan fingerprint density at radius 1 is 1.00 bits per heavy atom. The zero-order chi connectivity index (χ0) is 25.4. The van der Waals surface area contributed by atoms with Crippen LogP contribution in [-0.4, -0.2) is 25.8 Å². The number of amides is 2. The number of imidazole rings is 1. The number of hydrogen-bond donors (Lipinski definition) is 3. The first-order valence-electron chi connectivity index (χ1n) is 11.1. The van der Waals surface area contributed by atoms with Gasteiger partial charge in [0, 0.05) is 22.9 Å². The van der Waals surface area contributed by atoms with Gasteiger partial charge in [0.1, 0.15) is 22.8 Å². The van der Waals surface area contributed by atoms with E-state index >= 15 is 0 Å². The van der Waals surface area contributed by atoms with E-state index in [2.05, 4.69) is 20.7 Å². The second kappa shape index (κ2) is 9.21. The maximum atomic E-state index is 14.3. The van der Waals surface area contributed by atoms with Crippen LogP contribution in [0.2, 0.25) is 0 Å². The lowest BCUT2D eigenvalue weighted by Gasteiger charge is -2.12. The molecule has 0 spiro atoms. The van der Waals surface area contributed by atoms with Crippen molar-refractivity contribution in [1.29, 1.82) is 0 Å². The fraction of sp³-hybridized carbons (Fsp3) is 0.115. The number of urea groups is 1. The van der Waals surface area contributed by atoms with E-state index in [1.54, 1.807) is 29.1 Å². The number of aromatic nitrogens is 4. The number of carbonyl (C=O) groups is 1. The van der Waals surface area contributed by atoms with Crippen molar-refractivity contribution in [1.82, 2.24) is 19.7 Å². The van der Waals surface area contributed by atoms with Gasteiger partial charge in [-0.3, -0.25) is 0 Å². The molecule has 5 aromatic rings. The average molecular weight is 490 g/mol. The van der Waals surface area contributed by atoms with Crippen LogP contribution in [0.5, 0.6) is 0 Å². The minimum Gasteiger partial charge on any atom is -0.335 e. The van der Waals surface area contributed by atoms with Gasteiger partial charge < -0.3 is 15.6 Å². The Hall–Kier alpha value is -4.60. The smallest absolute Gasteiger partial charge is 0.323 e. The number of H-pyrrole nitrogens is 1. The molecule has 0 aliphatic carbocycles. The molecule has 2 heterocycles. The molecule has 2 amide bonds. The first-order chi connectivity index (χ1) is 17.3. The number of nitrogens with zero attached hydrogens (tertiary/aromatic N) is 3. The Morgan fingerprint density at radius 3 is 2.56 bits per heavy atom. The summed E-state index contributed by atoms with van der Waals surface area (Å²) in [5, 5.41) is 9.07. The monoisotopic (exact) mass is 490 g/mol. The minimum atomic E-state index is -1.21. The second-order valence-corrected chi connectivity index (χ2v) is 8.37. The predicted octanol–water partition coefficient (Wildman–Crippen LogP) is 6.15. The summed E-state index contributed by atoms with van der Waals surface area (Å²) >= 11 is 0. The summed E-state index contributed by atoms with van der Waals surface area (Å²) in [5.41, 5.74) is 3.41. The largest absolute Gasteiger partial charge is 0.335 e. The number of nitrogens with one attached hydrogen (secondary N) is 3. The van der Waals surface area contributed by atoms with Crippen LogP contribution < -0.4 is 10.6 Å². The van der Waals surface area contributed by atoms with E-state index in [1.807, 2.05) is 37.3 Å². The molecular weight excluding hydrogens is 469 g/mol. The van der Waals surface area contributed by atoms with Gasteiger partial charge in [-0.2, -0.15) is 5.10 Å². The number of fused-ring (bicyclic) bond motifs is 1. The van der Waals surface area contributed by atoms with E-state index in [0.29, 0.717) is 29.8 Å². The molecule has 0 unspecified atom stereocenters. The Kier molecular flexibility index (Phi) is 5.93. The lowest BCUT2D eigenvalue weighted by molar-refractivity contribution is 0.262. The first-order valence-corrected chi connectivity index (χ1v) is 11.1. The first kappa shape index (κ1) is 23.2. The van der Waals surface area contributed by atoms with Crippen LogP contribution in [0.1, 0.15) is 16.7 Å². The summed E-state index contributed by atoms with van der Waals surface area (Å²) in [5.74, 6) is -2.82. The van der Waals surface area contributed by atoms with Crippen molar-refractivity contribution in [3.05, 3.63) is 94.9 Å². The van der Waals surface area contributed by atoms with Crippen molar-refractivity contribution in [2.24, 2.45) is 0 Å². The molecule has 3 aromatic carbocycles. The number of rotatable bonds is 5. The van der Waals surface area contributed by atoms with Gasteiger partial charge in [-0.1, -0.05) is 36.4 Å². The van der Waals surface area contributed by atoms with Gasteiger partial charge in [0.2, 0.25) is 0 Å². The number of hydrogen-bond acceptors (Lipinski definition) is 3. The zero-order valence-electron chi connectivity index (χ0n) is 19.4. The highest BCUT2D eigenvalue weighted by Gasteiger charge is 2.19. The highest BCUT2D eigenvalue weighted by molar-refractivity contribution is 6.00. The fourth-order valence-electron chi connectivity index (χ4n) is 3.88. The van der Waals surface area contributed by atoms with Crippen LogP contribution in [0.4, 0.5) is 29.3 Å². The zero-order valence-corrected chi connectivity index (χ0v) is 19.4. The molecule has 0 bridgehead atoms. The van der Waals surface area contributed by atoms with Gasteiger partial charge in [-0.05, 0) is 37.1 Å². The maximum absolute atomic E-state index is 14.3. The van der Waals surface area contributed by atoms with Crippen molar-refractivity contribution in [3.8, 4) is 11.4 Å². The van der Waals surface area contributed by atoms with Crippen molar-refractivity contribution >= 4 is 28.6 Å². The third-order valence-corrected chi connectivity index (χ3v) is 5.85. The molecule has 36 heavy (non-hydrogen) atoms. The van der Waals surface area contributed by atoms with E-state index in [1.165, 1.54) is 0 Å².